The van der Waals surface area contributed by atoms with Crippen molar-refractivity contribution in [2.24, 2.45) is 5.92 Å². The first-order valence-electron chi connectivity index (χ1n) is 8.45. The summed E-state index contributed by atoms with van der Waals surface area (Å²) in [5, 5.41) is 3.35. The first-order chi connectivity index (χ1) is 10.7. The van der Waals surface area contributed by atoms with Crippen LogP contribution in [0.3, 0.4) is 0 Å². The van der Waals surface area contributed by atoms with Crippen molar-refractivity contribution in [3.63, 3.8) is 0 Å². The van der Waals surface area contributed by atoms with Gasteiger partial charge in [-0.2, -0.15) is 0 Å². The number of nitrogens with zero attached hydrogens (tertiary/aromatic N) is 2. The molecule has 22 heavy (non-hydrogen) atoms. The van der Waals surface area contributed by atoms with Crippen molar-refractivity contribution in [3.8, 4) is 0 Å². The van der Waals surface area contributed by atoms with Gasteiger partial charge >= 0.3 is 0 Å². The SMILES string of the molecule is CN(C)c1cccc(C2CCCN2C(=O)C2CCNCC2)c1. The fourth-order valence-corrected chi connectivity index (χ4v) is 3.69. The summed E-state index contributed by atoms with van der Waals surface area (Å²) in [4.78, 5) is 17.2. The third-order valence-electron chi connectivity index (χ3n) is 5.00. The number of benzene rings is 1. The number of amides is 1. The molecule has 1 aromatic rings. The number of anilines is 1. The summed E-state index contributed by atoms with van der Waals surface area (Å²) in [6.07, 6.45) is 4.18. The average Bonchev–Trinajstić information content (AvgIpc) is 3.04. The molecule has 1 unspecified atom stereocenters. The van der Waals surface area contributed by atoms with Crippen molar-refractivity contribution in [2.75, 3.05) is 38.6 Å². The van der Waals surface area contributed by atoms with Gasteiger partial charge in [0, 0.05) is 32.2 Å². The van der Waals surface area contributed by atoms with Gasteiger partial charge in [0.25, 0.3) is 0 Å². The zero-order valence-corrected chi connectivity index (χ0v) is 13.7. The Balaban J connectivity index is 1.77. The molecule has 4 nitrogen and oxygen atoms in total. The second-order valence-corrected chi connectivity index (χ2v) is 6.70. The monoisotopic (exact) mass is 301 g/mol. The van der Waals surface area contributed by atoms with Gasteiger partial charge in [0.1, 0.15) is 0 Å². The van der Waals surface area contributed by atoms with Crippen molar-refractivity contribution in [1.82, 2.24) is 10.2 Å². The minimum Gasteiger partial charge on any atom is -0.378 e. The zero-order valence-electron chi connectivity index (χ0n) is 13.7. The first kappa shape index (κ1) is 15.3. The van der Waals surface area contributed by atoms with Gasteiger partial charge < -0.3 is 15.1 Å². The van der Waals surface area contributed by atoms with Crippen LogP contribution in [-0.4, -0.2) is 44.5 Å². The molecule has 0 spiro atoms. The molecule has 1 amide bonds. The number of piperidine rings is 1. The largest absolute Gasteiger partial charge is 0.378 e. The molecular formula is C18H27N3O. The van der Waals surface area contributed by atoms with Crippen LogP contribution in [0.2, 0.25) is 0 Å². The summed E-state index contributed by atoms with van der Waals surface area (Å²) in [7, 11) is 4.12. The molecule has 2 heterocycles. The maximum Gasteiger partial charge on any atom is 0.226 e. The Kier molecular flexibility index (Phi) is 4.67. The molecule has 4 heteroatoms. The van der Waals surface area contributed by atoms with Crippen LogP contribution >= 0.6 is 0 Å². The van der Waals surface area contributed by atoms with Gasteiger partial charge in [0.2, 0.25) is 5.91 Å². The van der Waals surface area contributed by atoms with Crippen LogP contribution in [0.15, 0.2) is 24.3 Å². The summed E-state index contributed by atoms with van der Waals surface area (Å²) >= 11 is 0. The number of likely N-dealkylation sites (tertiary alicyclic amines) is 1. The number of carbonyl (C=O) groups is 1. The number of carbonyl (C=O) groups excluding carboxylic acids is 1. The third-order valence-corrected chi connectivity index (χ3v) is 5.00. The van der Waals surface area contributed by atoms with Gasteiger partial charge in [-0.1, -0.05) is 12.1 Å². The highest BCUT2D eigenvalue weighted by molar-refractivity contribution is 5.79. The highest BCUT2D eigenvalue weighted by atomic mass is 16.2. The molecule has 0 aliphatic carbocycles. The summed E-state index contributed by atoms with van der Waals surface area (Å²) in [5.41, 5.74) is 2.49. The van der Waals surface area contributed by atoms with Gasteiger partial charge in [0.15, 0.2) is 0 Å². The molecule has 2 fully saturated rings. The Morgan fingerprint density at radius 2 is 2.00 bits per heavy atom. The maximum atomic E-state index is 12.9. The smallest absolute Gasteiger partial charge is 0.226 e. The first-order valence-corrected chi connectivity index (χ1v) is 8.45. The molecule has 120 valence electrons. The number of nitrogens with one attached hydrogen (secondary N) is 1. The van der Waals surface area contributed by atoms with E-state index < -0.39 is 0 Å². The highest BCUT2D eigenvalue weighted by Crippen LogP contribution is 2.35. The van der Waals surface area contributed by atoms with E-state index in [9.17, 15) is 4.79 Å². The lowest BCUT2D eigenvalue weighted by molar-refractivity contribution is -0.137. The lowest BCUT2D eigenvalue weighted by Gasteiger charge is -2.31. The van der Waals surface area contributed by atoms with E-state index in [2.05, 4.69) is 53.5 Å². The fraction of sp³-hybridized carbons (Fsp3) is 0.611. The van der Waals surface area contributed by atoms with E-state index in [1.165, 1.54) is 11.3 Å². The van der Waals surface area contributed by atoms with Crippen LogP contribution < -0.4 is 10.2 Å². The standard InChI is InChI=1S/C18H27N3O/c1-20(2)16-6-3-5-15(13-16)17-7-4-12-21(17)18(22)14-8-10-19-11-9-14/h3,5-6,13-14,17,19H,4,7-12H2,1-2H3. The minimum absolute atomic E-state index is 0.221. The van der Waals surface area contributed by atoms with Crippen molar-refractivity contribution in [1.29, 1.82) is 0 Å². The summed E-state index contributed by atoms with van der Waals surface area (Å²) in [5.74, 6) is 0.595. The molecule has 1 aromatic carbocycles. The van der Waals surface area contributed by atoms with Crippen LogP contribution in [0, 0.1) is 5.92 Å². The van der Waals surface area contributed by atoms with E-state index in [0.717, 1.165) is 45.3 Å². The second-order valence-electron chi connectivity index (χ2n) is 6.70. The third kappa shape index (κ3) is 3.12. The van der Waals surface area contributed by atoms with Gasteiger partial charge in [-0.05, 0) is 56.5 Å². The van der Waals surface area contributed by atoms with Gasteiger partial charge in [-0.25, -0.2) is 0 Å². The molecule has 2 saturated heterocycles. The van der Waals surface area contributed by atoms with E-state index in [1.807, 2.05) is 0 Å². The predicted octanol–water partition coefficient (Wildman–Crippen LogP) is 2.42. The van der Waals surface area contributed by atoms with Gasteiger partial charge in [-0.3, -0.25) is 4.79 Å². The number of rotatable bonds is 3. The lowest BCUT2D eigenvalue weighted by Crippen LogP contribution is -2.40. The molecule has 3 rings (SSSR count). The molecule has 0 radical (unpaired) electrons. The van der Waals surface area contributed by atoms with Crippen molar-refractivity contribution in [2.45, 2.75) is 31.7 Å². The number of hydrogen-bond donors (Lipinski definition) is 1. The van der Waals surface area contributed by atoms with Crippen LogP contribution in [0.4, 0.5) is 5.69 Å². The van der Waals surface area contributed by atoms with Crippen LogP contribution in [0.1, 0.15) is 37.3 Å². The molecule has 0 aromatic heterocycles. The Labute approximate surface area is 133 Å². The van der Waals surface area contributed by atoms with Crippen molar-refractivity contribution < 1.29 is 4.79 Å². The Morgan fingerprint density at radius 3 is 2.73 bits per heavy atom. The topological polar surface area (TPSA) is 35.6 Å². The van der Waals surface area contributed by atoms with E-state index in [4.69, 9.17) is 0 Å². The summed E-state index contributed by atoms with van der Waals surface area (Å²) in [6, 6.07) is 8.90. The minimum atomic E-state index is 0.221. The molecular weight excluding hydrogens is 274 g/mol. The van der Waals surface area contributed by atoms with Crippen LogP contribution in [0.25, 0.3) is 0 Å². The fourth-order valence-electron chi connectivity index (χ4n) is 3.69. The zero-order chi connectivity index (χ0) is 15.5. The maximum absolute atomic E-state index is 12.9. The Bertz CT molecular complexity index is 523. The van der Waals surface area contributed by atoms with E-state index >= 15 is 0 Å². The Morgan fingerprint density at radius 1 is 1.23 bits per heavy atom. The van der Waals surface area contributed by atoms with Crippen LogP contribution in [-0.2, 0) is 4.79 Å². The quantitative estimate of drug-likeness (QED) is 0.931. The molecule has 2 aliphatic heterocycles. The summed E-state index contributed by atoms with van der Waals surface area (Å²) < 4.78 is 0. The molecule has 0 saturated carbocycles. The predicted molar refractivity (Wildman–Crippen MR) is 90.1 cm³/mol. The number of hydrogen-bond acceptors (Lipinski definition) is 3. The second kappa shape index (κ2) is 6.69. The van der Waals surface area contributed by atoms with Gasteiger partial charge in [0.05, 0.1) is 6.04 Å². The van der Waals surface area contributed by atoms with Crippen LogP contribution in [0.5, 0.6) is 0 Å². The molecule has 1 atom stereocenters. The normalized spacial score (nSPS) is 22.8. The van der Waals surface area contributed by atoms with Crippen molar-refractivity contribution >= 4 is 11.6 Å². The summed E-state index contributed by atoms with van der Waals surface area (Å²) in [6.45, 7) is 2.87. The van der Waals surface area contributed by atoms with E-state index in [1.54, 1.807) is 0 Å². The molecule has 0 bridgehead atoms. The van der Waals surface area contributed by atoms with Crippen molar-refractivity contribution in [3.05, 3.63) is 29.8 Å². The van der Waals surface area contributed by atoms with Gasteiger partial charge in [-0.15, -0.1) is 0 Å². The highest BCUT2D eigenvalue weighted by Gasteiger charge is 2.34. The Hall–Kier alpha value is -1.55. The lowest BCUT2D eigenvalue weighted by atomic mass is 9.95. The molecule has 1 N–H and O–H groups in total. The van der Waals surface area contributed by atoms with E-state index in [0.29, 0.717) is 5.91 Å². The average molecular weight is 301 g/mol. The molecule has 2 aliphatic rings. The van der Waals surface area contributed by atoms with E-state index in [-0.39, 0.29) is 12.0 Å².